The number of hydrogen-bond donors (Lipinski definition) is 1. The molecule has 0 saturated carbocycles. The van der Waals surface area contributed by atoms with Gasteiger partial charge in [-0.2, -0.15) is 0 Å². The lowest BCUT2D eigenvalue weighted by atomic mass is 9.92. The van der Waals surface area contributed by atoms with E-state index in [-0.39, 0.29) is 27.9 Å². The third-order valence-corrected chi connectivity index (χ3v) is 8.92. The van der Waals surface area contributed by atoms with Gasteiger partial charge in [0.05, 0.1) is 11.8 Å². The van der Waals surface area contributed by atoms with Crippen molar-refractivity contribution in [1.29, 1.82) is 0 Å². The molecule has 0 bridgehead atoms. The highest BCUT2D eigenvalue weighted by molar-refractivity contribution is 5.90. The van der Waals surface area contributed by atoms with Crippen LogP contribution < -0.4 is 9.47 Å². The molecular formula is C48H49FO10. The molecule has 0 heterocycles. The number of carbonyl (C=O) groups excluding carboxylic acids is 4. The number of rotatable bonds is 16. The lowest BCUT2D eigenvalue weighted by Crippen LogP contribution is -2.36. The predicted octanol–water partition coefficient (Wildman–Crippen LogP) is 10.0. The van der Waals surface area contributed by atoms with Crippen molar-refractivity contribution in [3.05, 3.63) is 156 Å². The summed E-state index contributed by atoms with van der Waals surface area (Å²) in [5.41, 5.74) is 0.975. The second-order valence-corrected chi connectivity index (χ2v) is 15.3. The Bertz CT molecular complexity index is 2280. The van der Waals surface area contributed by atoms with Gasteiger partial charge >= 0.3 is 23.9 Å². The van der Waals surface area contributed by atoms with E-state index in [2.05, 4.69) is 19.7 Å². The summed E-state index contributed by atoms with van der Waals surface area (Å²) in [5, 5.41) is 11.1. The number of halogens is 1. The van der Waals surface area contributed by atoms with Gasteiger partial charge in [-0.25, -0.2) is 23.6 Å². The van der Waals surface area contributed by atoms with E-state index in [1.807, 2.05) is 12.1 Å². The quantitative estimate of drug-likeness (QED) is 0.0505. The maximum atomic E-state index is 16.0. The third-order valence-electron chi connectivity index (χ3n) is 8.92. The van der Waals surface area contributed by atoms with Crippen molar-refractivity contribution in [1.82, 2.24) is 0 Å². The second-order valence-electron chi connectivity index (χ2n) is 15.3. The number of ether oxygens (including phenoxy) is 5. The predicted molar refractivity (Wildman–Crippen MR) is 222 cm³/mol. The largest absolute Gasteiger partial charge is 0.491 e. The van der Waals surface area contributed by atoms with Crippen molar-refractivity contribution in [2.24, 2.45) is 0 Å². The van der Waals surface area contributed by atoms with Gasteiger partial charge in [-0.05, 0) is 114 Å². The first kappa shape index (κ1) is 45.1. The number of benzene rings is 4. The average Bonchev–Trinajstić information content (AvgIpc) is 3.18. The van der Waals surface area contributed by atoms with E-state index >= 15 is 4.39 Å². The summed E-state index contributed by atoms with van der Waals surface area (Å²) in [7, 11) is 0. The Balaban J connectivity index is 1.52. The smallest absolute Gasteiger partial charge is 0.338 e. The third kappa shape index (κ3) is 12.0. The molecule has 0 aliphatic heterocycles. The van der Waals surface area contributed by atoms with Crippen LogP contribution in [0, 0.1) is 5.82 Å². The summed E-state index contributed by atoms with van der Waals surface area (Å²) >= 11 is 0. The van der Waals surface area contributed by atoms with Crippen LogP contribution >= 0.6 is 0 Å². The van der Waals surface area contributed by atoms with Crippen LogP contribution in [0.2, 0.25) is 0 Å². The van der Waals surface area contributed by atoms with Gasteiger partial charge in [-0.3, -0.25) is 0 Å². The molecule has 0 aromatic heterocycles. The SMILES string of the molecule is C=C(C)C(=O)Oc1ccc(-c2ccc(C(OC(=O)/C(C)=C/OC(C)(C)C(OC(=O)C(=C)C)c3ccc(-c4ccc(OC(=O)C(=C)C)cc4)cc3F)C(C)(C)O)cc2)cc1. The number of aliphatic hydroxyl groups is 1. The minimum absolute atomic E-state index is 0.00156. The number of carbonyl (C=O) groups is 4. The van der Waals surface area contributed by atoms with Crippen LogP contribution in [-0.2, 0) is 33.4 Å². The fourth-order valence-corrected chi connectivity index (χ4v) is 5.55. The molecule has 0 amide bonds. The molecule has 0 fully saturated rings. The normalized spacial score (nSPS) is 12.7. The van der Waals surface area contributed by atoms with E-state index in [0.29, 0.717) is 28.2 Å². The molecule has 4 rings (SSSR count). The first-order chi connectivity index (χ1) is 27.6. The fourth-order valence-electron chi connectivity index (χ4n) is 5.55. The van der Waals surface area contributed by atoms with Gasteiger partial charge in [-0.1, -0.05) is 80.4 Å². The Morgan fingerprint density at radius 2 is 1.00 bits per heavy atom. The Hall–Kier alpha value is -6.59. The molecule has 4 aromatic carbocycles. The zero-order chi connectivity index (χ0) is 43.8. The second kappa shape index (κ2) is 18.8. The van der Waals surface area contributed by atoms with Crippen molar-refractivity contribution in [3.8, 4) is 33.8 Å². The van der Waals surface area contributed by atoms with E-state index in [0.717, 1.165) is 17.4 Å². The molecule has 0 radical (unpaired) electrons. The minimum atomic E-state index is -1.50. The van der Waals surface area contributed by atoms with Gasteiger partial charge in [0.1, 0.15) is 28.5 Å². The van der Waals surface area contributed by atoms with Crippen molar-refractivity contribution >= 4 is 23.9 Å². The maximum Gasteiger partial charge on any atom is 0.338 e. The van der Waals surface area contributed by atoms with E-state index in [1.165, 1.54) is 46.8 Å². The molecule has 0 aliphatic rings. The first-order valence-corrected chi connectivity index (χ1v) is 18.6. The molecule has 1 N–H and O–H groups in total. The lowest BCUT2D eigenvalue weighted by molar-refractivity contribution is -0.161. The van der Waals surface area contributed by atoms with Crippen molar-refractivity contribution in [2.45, 2.75) is 78.8 Å². The van der Waals surface area contributed by atoms with Gasteiger partial charge in [0, 0.05) is 22.3 Å². The average molecular weight is 805 g/mol. The number of hydrogen-bond acceptors (Lipinski definition) is 10. The van der Waals surface area contributed by atoms with Gasteiger partial charge in [0.15, 0.2) is 12.2 Å². The molecule has 4 aromatic rings. The van der Waals surface area contributed by atoms with Crippen LogP contribution in [0.1, 0.15) is 78.7 Å². The van der Waals surface area contributed by atoms with E-state index in [9.17, 15) is 24.3 Å². The summed E-state index contributed by atoms with van der Waals surface area (Å²) in [6.45, 7) is 23.0. The Kier molecular flexibility index (Phi) is 14.4. The van der Waals surface area contributed by atoms with E-state index in [1.54, 1.807) is 87.5 Å². The summed E-state index contributed by atoms with van der Waals surface area (Å²) in [4.78, 5) is 50.0. The van der Waals surface area contributed by atoms with Gasteiger partial charge in [-0.15, -0.1) is 0 Å². The van der Waals surface area contributed by atoms with Crippen LogP contribution in [0.3, 0.4) is 0 Å². The molecule has 0 aliphatic carbocycles. The molecule has 2 atom stereocenters. The van der Waals surface area contributed by atoms with E-state index < -0.39 is 53.1 Å². The first-order valence-electron chi connectivity index (χ1n) is 18.6. The van der Waals surface area contributed by atoms with Gasteiger partial charge in [0.25, 0.3) is 0 Å². The van der Waals surface area contributed by atoms with Crippen LogP contribution in [0.4, 0.5) is 4.39 Å². The van der Waals surface area contributed by atoms with Gasteiger partial charge < -0.3 is 28.8 Å². The molecule has 11 heteroatoms. The van der Waals surface area contributed by atoms with Gasteiger partial charge in [0.2, 0.25) is 0 Å². The summed E-state index contributed by atoms with van der Waals surface area (Å²) < 4.78 is 44.1. The van der Waals surface area contributed by atoms with Crippen LogP contribution in [0.5, 0.6) is 11.5 Å². The Labute approximate surface area is 344 Å². The highest BCUT2D eigenvalue weighted by Crippen LogP contribution is 2.38. The molecule has 10 nitrogen and oxygen atoms in total. The molecule has 0 saturated heterocycles. The lowest BCUT2D eigenvalue weighted by Gasteiger charge is -2.34. The standard InChI is InChI=1S/C48H49FO10/c1-28(2)43(50)56-37-21-16-33(17-22-37)32-12-14-35(15-13-32)41(47(8,9)54)58-46(53)31(7)27-55-48(10,11)42(59-45(52)30(5)6)39-25-20-36(26-40(39)49)34-18-23-38(24-19-34)57-44(51)29(3)4/h12-27,41-42,54H,1,3,5H2,2,4,6-11H3/b31-27+. The minimum Gasteiger partial charge on any atom is -0.491 e. The molecule has 0 spiro atoms. The van der Waals surface area contributed by atoms with E-state index in [4.69, 9.17) is 23.7 Å². The molecule has 2 unspecified atom stereocenters. The van der Waals surface area contributed by atoms with Crippen LogP contribution in [0.25, 0.3) is 22.3 Å². The Morgan fingerprint density at radius 1 is 0.593 bits per heavy atom. The summed E-state index contributed by atoms with van der Waals surface area (Å²) in [5.74, 6) is -2.70. The molecule has 59 heavy (non-hydrogen) atoms. The number of esters is 4. The molecule has 308 valence electrons. The Morgan fingerprint density at radius 3 is 1.42 bits per heavy atom. The van der Waals surface area contributed by atoms with Crippen molar-refractivity contribution < 1.29 is 52.4 Å². The molecular weight excluding hydrogens is 756 g/mol. The highest BCUT2D eigenvalue weighted by atomic mass is 19.1. The van der Waals surface area contributed by atoms with Crippen molar-refractivity contribution in [2.75, 3.05) is 0 Å². The topological polar surface area (TPSA) is 135 Å². The zero-order valence-corrected chi connectivity index (χ0v) is 34.5. The maximum absolute atomic E-state index is 16.0. The fraction of sp³-hybridized carbons (Fsp3) is 0.250. The van der Waals surface area contributed by atoms with Crippen LogP contribution in [0.15, 0.2) is 139 Å². The van der Waals surface area contributed by atoms with Crippen LogP contribution in [-0.4, -0.2) is 40.2 Å². The monoisotopic (exact) mass is 804 g/mol. The zero-order valence-electron chi connectivity index (χ0n) is 34.5. The van der Waals surface area contributed by atoms with Crippen molar-refractivity contribution in [3.63, 3.8) is 0 Å². The summed E-state index contributed by atoms with van der Waals surface area (Å²) in [6.07, 6.45) is -1.26. The highest BCUT2D eigenvalue weighted by Gasteiger charge is 2.38. The summed E-state index contributed by atoms with van der Waals surface area (Å²) in [6, 6.07) is 24.9.